The van der Waals surface area contributed by atoms with Crippen LogP contribution in [0.1, 0.15) is 12.6 Å². The van der Waals surface area contributed by atoms with Gasteiger partial charge in [-0.2, -0.15) is 0 Å². The average molecular weight is 399 g/mol. The van der Waals surface area contributed by atoms with Crippen molar-refractivity contribution in [3.63, 3.8) is 0 Å². The van der Waals surface area contributed by atoms with Gasteiger partial charge in [-0.15, -0.1) is 0 Å². The Balaban J connectivity index is 2.04. The zero-order chi connectivity index (χ0) is 20.3. The maximum Gasteiger partial charge on any atom is 0.312 e. The van der Waals surface area contributed by atoms with Crippen LogP contribution in [0.3, 0.4) is 0 Å². The van der Waals surface area contributed by atoms with Gasteiger partial charge >= 0.3 is 5.69 Å². The smallest absolute Gasteiger partial charge is 0.312 e. The first-order valence-corrected chi connectivity index (χ1v) is 8.81. The van der Waals surface area contributed by atoms with Gasteiger partial charge in [-0.1, -0.05) is 30.0 Å². The van der Waals surface area contributed by atoms with Crippen LogP contribution in [0, 0.1) is 15.9 Å². The minimum Gasteiger partial charge on any atom is -0.506 e. The third kappa shape index (κ3) is 3.89. The van der Waals surface area contributed by atoms with Crippen molar-refractivity contribution in [2.24, 2.45) is 4.99 Å². The highest BCUT2D eigenvalue weighted by molar-refractivity contribution is 7.19. The summed E-state index contributed by atoms with van der Waals surface area (Å²) in [5, 5.41) is 22.0. The second-order valence-electron chi connectivity index (χ2n) is 5.48. The lowest BCUT2D eigenvalue weighted by molar-refractivity contribution is -0.385. The monoisotopic (exact) mass is 399 g/mol. The van der Waals surface area contributed by atoms with E-state index in [2.05, 4.69) is 16.6 Å². The topological polar surface area (TPSA) is 97.9 Å². The maximum atomic E-state index is 13.8. The lowest BCUT2D eigenvalue weighted by Crippen LogP contribution is -1.95. The Bertz CT molecular complexity index is 1090. The SMILES string of the molecule is C=C(O)c1nc(-c2ccc(Oc3ccccc3F)c([N+](=O)[O-])c2)sc1N=CC. The van der Waals surface area contributed by atoms with Crippen molar-refractivity contribution in [3.8, 4) is 22.1 Å². The Kier molecular flexibility index (Phi) is 5.46. The number of aliphatic imine (C=N–C) groups is 1. The van der Waals surface area contributed by atoms with Gasteiger partial charge in [0.15, 0.2) is 11.6 Å². The molecule has 0 spiro atoms. The Morgan fingerprint density at radius 3 is 2.75 bits per heavy atom. The van der Waals surface area contributed by atoms with Crippen LogP contribution in [0.4, 0.5) is 15.1 Å². The molecule has 0 radical (unpaired) electrons. The van der Waals surface area contributed by atoms with Gasteiger partial charge in [0.25, 0.3) is 0 Å². The molecule has 7 nitrogen and oxygen atoms in total. The Morgan fingerprint density at radius 2 is 2.11 bits per heavy atom. The summed E-state index contributed by atoms with van der Waals surface area (Å²) in [5.41, 5.74) is 0.283. The van der Waals surface area contributed by atoms with Crippen molar-refractivity contribution < 1.29 is 19.2 Å². The highest BCUT2D eigenvalue weighted by Crippen LogP contribution is 2.40. The van der Waals surface area contributed by atoms with Gasteiger partial charge in [0.1, 0.15) is 21.5 Å². The molecule has 142 valence electrons. The van der Waals surface area contributed by atoms with Gasteiger partial charge in [0, 0.05) is 17.8 Å². The summed E-state index contributed by atoms with van der Waals surface area (Å²) >= 11 is 1.14. The molecule has 0 saturated carbocycles. The fourth-order valence-corrected chi connectivity index (χ4v) is 3.34. The summed E-state index contributed by atoms with van der Waals surface area (Å²) in [5.74, 6) is -1.11. The van der Waals surface area contributed by atoms with Crippen molar-refractivity contribution in [3.05, 3.63) is 70.7 Å². The van der Waals surface area contributed by atoms with Crippen LogP contribution in [0.5, 0.6) is 11.5 Å². The number of benzene rings is 2. The summed E-state index contributed by atoms with van der Waals surface area (Å²) < 4.78 is 19.2. The van der Waals surface area contributed by atoms with Crippen LogP contribution >= 0.6 is 11.3 Å². The number of rotatable bonds is 6. The number of nitro benzene ring substituents is 1. The molecule has 0 aliphatic carbocycles. The number of hydrogen-bond acceptors (Lipinski definition) is 7. The molecule has 1 heterocycles. The number of aliphatic hydroxyl groups is 1. The zero-order valence-corrected chi connectivity index (χ0v) is 15.4. The van der Waals surface area contributed by atoms with Gasteiger partial charge in [0.2, 0.25) is 5.75 Å². The molecule has 0 saturated heterocycles. The van der Waals surface area contributed by atoms with Crippen LogP contribution < -0.4 is 4.74 Å². The number of ether oxygens (including phenoxy) is 1. The van der Waals surface area contributed by atoms with Crippen molar-refractivity contribution >= 4 is 34.0 Å². The molecule has 1 aromatic heterocycles. The molecule has 0 aliphatic rings. The van der Waals surface area contributed by atoms with E-state index in [1.807, 2.05) is 0 Å². The normalized spacial score (nSPS) is 10.9. The summed E-state index contributed by atoms with van der Waals surface area (Å²) in [7, 11) is 0. The van der Waals surface area contributed by atoms with Gasteiger partial charge in [-0.05, 0) is 31.2 Å². The molecule has 28 heavy (non-hydrogen) atoms. The van der Waals surface area contributed by atoms with Crippen LogP contribution in [0.25, 0.3) is 16.3 Å². The van der Waals surface area contributed by atoms with E-state index >= 15 is 0 Å². The molecule has 0 fully saturated rings. The van der Waals surface area contributed by atoms with E-state index in [-0.39, 0.29) is 28.6 Å². The van der Waals surface area contributed by atoms with Crippen LogP contribution in [-0.2, 0) is 0 Å². The van der Waals surface area contributed by atoms with E-state index < -0.39 is 10.7 Å². The molecule has 3 aromatic rings. The number of nitrogens with zero attached hydrogens (tertiary/aromatic N) is 3. The molecule has 0 aliphatic heterocycles. The zero-order valence-electron chi connectivity index (χ0n) is 14.6. The maximum absolute atomic E-state index is 13.8. The van der Waals surface area contributed by atoms with Gasteiger partial charge < -0.3 is 9.84 Å². The number of aromatic nitrogens is 1. The Morgan fingerprint density at radius 1 is 1.36 bits per heavy atom. The van der Waals surface area contributed by atoms with E-state index in [0.29, 0.717) is 15.6 Å². The lowest BCUT2D eigenvalue weighted by atomic mass is 10.2. The fraction of sp³-hybridized carbons (Fsp3) is 0.0526. The largest absolute Gasteiger partial charge is 0.506 e. The molecule has 0 unspecified atom stereocenters. The van der Waals surface area contributed by atoms with E-state index in [1.54, 1.807) is 19.1 Å². The molecule has 0 amide bonds. The summed E-state index contributed by atoms with van der Waals surface area (Å²) in [6, 6.07) is 9.84. The molecule has 1 N–H and O–H groups in total. The molecule has 2 aromatic carbocycles. The third-order valence-electron chi connectivity index (χ3n) is 3.59. The number of thiazole rings is 1. The number of halogens is 1. The Labute approximate surface area is 163 Å². The number of para-hydroxylation sites is 1. The minimum atomic E-state index is -0.631. The molecular weight excluding hydrogens is 385 g/mol. The van der Waals surface area contributed by atoms with E-state index in [1.165, 1.54) is 36.5 Å². The van der Waals surface area contributed by atoms with Gasteiger partial charge in [0.05, 0.1) is 4.92 Å². The second kappa shape index (κ2) is 7.97. The fourth-order valence-electron chi connectivity index (χ4n) is 2.35. The molecular formula is C19H14FN3O4S. The quantitative estimate of drug-likeness (QED) is 0.241. The minimum absolute atomic E-state index is 0.103. The highest BCUT2D eigenvalue weighted by Gasteiger charge is 2.21. The molecule has 3 rings (SSSR count). The first-order chi connectivity index (χ1) is 13.4. The van der Waals surface area contributed by atoms with Crippen LogP contribution in [0.2, 0.25) is 0 Å². The van der Waals surface area contributed by atoms with Gasteiger partial charge in [-0.25, -0.2) is 14.4 Å². The number of hydrogen-bond donors (Lipinski definition) is 1. The van der Waals surface area contributed by atoms with Crippen molar-refractivity contribution in [2.75, 3.05) is 0 Å². The Hall–Kier alpha value is -3.59. The van der Waals surface area contributed by atoms with E-state index in [4.69, 9.17) is 4.74 Å². The molecule has 0 atom stereocenters. The highest BCUT2D eigenvalue weighted by atomic mass is 32.1. The standard InChI is InChI=1S/C19H14FN3O4S/c1-3-21-19-17(11(2)24)22-18(28-19)12-8-9-16(14(10-12)23(25)26)27-15-7-5-4-6-13(15)20/h3-10,24H,2H2,1H3. The predicted octanol–water partition coefficient (Wildman–Crippen LogP) is 5.90. The van der Waals surface area contributed by atoms with Crippen molar-refractivity contribution in [1.82, 2.24) is 4.98 Å². The van der Waals surface area contributed by atoms with Crippen molar-refractivity contribution in [1.29, 1.82) is 0 Å². The van der Waals surface area contributed by atoms with Crippen LogP contribution in [0.15, 0.2) is 54.0 Å². The summed E-state index contributed by atoms with van der Waals surface area (Å²) in [4.78, 5) is 19.3. The van der Waals surface area contributed by atoms with Crippen LogP contribution in [-0.4, -0.2) is 21.2 Å². The number of nitro groups is 1. The van der Waals surface area contributed by atoms with Crippen molar-refractivity contribution in [2.45, 2.75) is 6.92 Å². The molecule has 9 heteroatoms. The second-order valence-corrected chi connectivity index (χ2v) is 6.46. The third-order valence-corrected chi connectivity index (χ3v) is 4.60. The van der Waals surface area contributed by atoms with E-state index in [0.717, 1.165) is 11.3 Å². The summed E-state index contributed by atoms with van der Waals surface area (Å²) in [6.45, 7) is 5.16. The first kappa shape index (κ1) is 19.2. The lowest BCUT2D eigenvalue weighted by Gasteiger charge is -2.08. The van der Waals surface area contributed by atoms with Gasteiger partial charge in [-0.3, -0.25) is 10.1 Å². The van der Waals surface area contributed by atoms with E-state index in [9.17, 15) is 19.6 Å². The molecule has 0 bridgehead atoms. The predicted molar refractivity (Wildman–Crippen MR) is 106 cm³/mol. The number of aliphatic hydroxyl groups excluding tert-OH is 1. The average Bonchev–Trinajstić information content (AvgIpc) is 3.08. The first-order valence-electron chi connectivity index (χ1n) is 7.99. The summed E-state index contributed by atoms with van der Waals surface area (Å²) in [6.07, 6.45) is 1.54.